The van der Waals surface area contributed by atoms with Crippen LogP contribution in [0.25, 0.3) is 0 Å². The molecule has 18 heavy (non-hydrogen) atoms. The second-order valence-electron chi connectivity index (χ2n) is 5.95. The van der Waals surface area contributed by atoms with E-state index in [2.05, 4.69) is 36.5 Å². The van der Waals surface area contributed by atoms with Crippen molar-refractivity contribution < 1.29 is 5.11 Å². The number of aliphatic hydroxyl groups is 1. The summed E-state index contributed by atoms with van der Waals surface area (Å²) in [5.41, 5.74) is 2.34. The smallest absolute Gasteiger partial charge is 0.0741 e. The lowest BCUT2D eigenvalue weighted by Gasteiger charge is -2.38. The highest BCUT2D eigenvalue weighted by Gasteiger charge is 2.32. The summed E-state index contributed by atoms with van der Waals surface area (Å²) in [5.74, 6) is 0.704. The van der Waals surface area contributed by atoms with Crippen molar-refractivity contribution in [1.82, 2.24) is 5.32 Å². The van der Waals surface area contributed by atoms with Crippen LogP contribution in [0.4, 0.5) is 0 Å². The first-order chi connectivity index (χ1) is 8.52. The number of hydrogen-bond donors (Lipinski definition) is 2. The number of hydrogen-bond acceptors (Lipinski definition) is 2. The predicted molar refractivity (Wildman–Crippen MR) is 75.9 cm³/mol. The average Bonchev–Trinajstić information content (AvgIpc) is 2.29. The van der Waals surface area contributed by atoms with Gasteiger partial charge in [-0.1, -0.05) is 31.2 Å². The third-order valence-corrected chi connectivity index (χ3v) is 4.30. The van der Waals surface area contributed by atoms with E-state index in [0.717, 1.165) is 6.42 Å². The van der Waals surface area contributed by atoms with Gasteiger partial charge in [-0.05, 0) is 50.2 Å². The molecule has 2 nitrogen and oxygen atoms in total. The van der Waals surface area contributed by atoms with E-state index in [-0.39, 0.29) is 0 Å². The van der Waals surface area contributed by atoms with Gasteiger partial charge in [-0.25, -0.2) is 0 Å². The molecule has 2 N–H and O–H groups in total. The highest BCUT2D eigenvalue weighted by Crippen LogP contribution is 2.38. The molecule has 0 spiro atoms. The molecular weight excluding hydrogens is 222 g/mol. The molecule has 0 radical (unpaired) electrons. The Morgan fingerprint density at radius 2 is 2.00 bits per heavy atom. The minimum Gasteiger partial charge on any atom is -0.389 e. The van der Waals surface area contributed by atoms with Crippen LogP contribution in [0.3, 0.4) is 0 Å². The highest BCUT2D eigenvalue weighted by atomic mass is 16.3. The molecule has 0 aromatic heterocycles. The molecule has 2 rings (SSSR count). The van der Waals surface area contributed by atoms with Gasteiger partial charge in [-0.2, -0.15) is 0 Å². The Bertz CT molecular complexity index is 394. The first-order valence-electron chi connectivity index (χ1n) is 7.03. The van der Waals surface area contributed by atoms with E-state index >= 15 is 0 Å². The summed E-state index contributed by atoms with van der Waals surface area (Å²) in [7, 11) is 0. The average molecular weight is 247 g/mol. The van der Waals surface area contributed by atoms with Crippen LogP contribution in [0.5, 0.6) is 0 Å². The Morgan fingerprint density at radius 1 is 1.33 bits per heavy atom. The van der Waals surface area contributed by atoms with Gasteiger partial charge in [0.1, 0.15) is 0 Å². The normalized spacial score (nSPS) is 26.4. The molecule has 1 atom stereocenters. The first-order valence-corrected chi connectivity index (χ1v) is 7.03. The van der Waals surface area contributed by atoms with E-state index in [9.17, 15) is 5.11 Å². The van der Waals surface area contributed by atoms with Gasteiger partial charge in [0.05, 0.1) is 5.60 Å². The van der Waals surface area contributed by atoms with Crippen LogP contribution in [-0.2, 0) is 0 Å². The van der Waals surface area contributed by atoms with Crippen molar-refractivity contribution in [1.29, 1.82) is 0 Å². The van der Waals surface area contributed by atoms with Gasteiger partial charge in [-0.15, -0.1) is 0 Å². The molecule has 1 unspecified atom stereocenters. The van der Waals surface area contributed by atoms with Crippen molar-refractivity contribution in [2.75, 3.05) is 6.54 Å². The SMILES string of the molecule is CCC(C)(O)CNC1CC(c2ccccc2C)C1. The summed E-state index contributed by atoms with van der Waals surface area (Å²) in [4.78, 5) is 0. The Balaban J connectivity index is 1.79. The predicted octanol–water partition coefficient (Wildman–Crippen LogP) is 2.99. The first kappa shape index (κ1) is 13.6. The van der Waals surface area contributed by atoms with Crippen LogP contribution in [0.1, 0.15) is 50.2 Å². The standard InChI is InChI=1S/C16H25NO/c1-4-16(3,18)11-17-14-9-13(10-14)15-8-6-5-7-12(15)2/h5-8,13-14,17-18H,4,9-11H2,1-3H3. The number of benzene rings is 1. The maximum absolute atomic E-state index is 9.96. The third-order valence-electron chi connectivity index (χ3n) is 4.30. The Labute approximate surface area is 110 Å². The second kappa shape index (κ2) is 5.41. The second-order valence-corrected chi connectivity index (χ2v) is 5.95. The number of aryl methyl sites for hydroxylation is 1. The fourth-order valence-corrected chi connectivity index (χ4v) is 2.57. The molecule has 1 aliphatic carbocycles. The highest BCUT2D eigenvalue weighted by molar-refractivity contribution is 5.31. The topological polar surface area (TPSA) is 32.3 Å². The van der Waals surface area contributed by atoms with Crippen LogP contribution in [0.2, 0.25) is 0 Å². The Hall–Kier alpha value is -0.860. The number of nitrogens with one attached hydrogen (secondary N) is 1. The van der Waals surface area contributed by atoms with Crippen molar-refractivity contribution in [2.45, 2.75) is 57.6 Å². The van der Waals surface area contributed by atoms with Crippen molar-refractivity contribution in [3.05, 3.63) is 35.4 Å². The van der Waals surface area contributed by atoms with Crippen LogP contribution in [-0.4, -0.2) is 23.3 Å². The molecule has 0 saturated heterocycles. The van der Waals surface area contributed by atoms with Crippen molar-refractivity contribution in [3.8, 4) is 0 Å². The van der Waals surface area contributed by atoms with Gasteiger partial charge in [0, 0.05) is 12.6 Å². The summed E-state index contributed by atoms with van der Waals surface area (Å²) in [6.07, 6.45) is 3.20. The molecule has 0 heterocycles. The summed E-state index contributed by atoms with van der Waals surface area (Å²) < 4.78 is 0. The summed E-state index contributed by atoms with van der Waals surface area (Å²) in [6, 6.07) is 9.25. The van der Waals surface area contributed by atoms with Gasteiger partial charge < -0.3 is 10.4 Å². The fraction of sp³-hybridized carbons (Fsp3) is 0.625. The lowest BCUT2D eigenvalue weighted by atomic mass is 9.74. The van der Waals surface area contributed by atoms with Crippen LogP contribution >= 0.6 is 0 Å². The molecule has 1 fully saturated rings. The third kappa shape index (κ3) is 3.12. The molecule has 1 aromatic carbocycles. The van der Waals surface area contributed by atoms with E-state index in [1.54, 1.807) is 0 Å². The molecule has 1 saturated carbocycles. The zero-order valence-corrected chi connectivity index (χ0v) is 11.7. The van der Waals surface area contributed by atoms with Gasteiger partial charge in [0.15, 0.2) is 0 Å². The van der Waals surface area contributed by atoms with Gasteiger partial charge >= 0.3 is 0 Å². The van der Waals surface area contributed by atoms with Crippen molar-refractivity contribution in [3.63, 3.8) is 0 Å². The molecule has 1 aliphatic rings. The fourth-order valence-electron chi connectivity index (χ4n) is 2.57. The van der Waals surface area contributed by atoms with E-state index in [1.165, 1.54) is 24.0 Å². The lowest BCUT2D eigenvalue weighted by molar-refractivity contribution is 0.0482. The van der Waals surface area contributed by atoms with E-state index < -0.39 is 5.60 Å². The molecular formula is C16H25NO. The van der Waals surface area contributed by atoms with Crippen molar-refractivity contribution in [2.24, 2.45) is 0 Å². The van der Waals surface area contributed by atoms with Gasteiger partial charge in [0.25, 0.3) is 0 Å². The minimum atomic E-state index is -0.562. The Kier molecular flexibility index (Phi) is 4.08. The van der Waals surface area contributed by atoms with E-state index in [1.807, 2.05) is 13.8 Å². The minimum absolute atomic E-state index is 0.562. The van der Waals surface area contributed by atoms with Crippen molar-refractivity contribution >= 4 is 0 Å². The van der Waals surface area contributed by atoms with Crippen LogP contribution in [0, 0.1) is 6.92 Å². The molecule has 0 aliphatic heterocycles. The maximum Gasteiger partial charge on any atom is 0.0741 e. The largest absolute Gasteiger partial charge is 0.389 e. The number of rotatable bonds is 5. The molecule has 0 amide bonds. The monoisotopic (exact) mass is 247 g/mol. The zero-order valence-electron chi connectivity index (χ0n) is 11.7. The summed E-state index contributed by atoms with van der Waals surface area (Å²) >= 11 is 0. The van der Waals surface area contributed by atoms with Crippen LogP contribution in [0.15, 0.2) is 24.3 Å². The van der Waals surface area contributed by atoms with E-state index in [4.69, 9.17) is 0 Å². The van der Waals surface area contributed by atoms with Crippen LogP contribution < -0.4 is 5.32 Å². The maximum atomic E-state index is 9.96. The zero-order chi connectivity index (χ0) is 13.2. The summed E-state index contributed by atoms with van der Waals surface area (Å²) in [5, 5.41) is 13.4. The van der Waals surface area contributed by atoms with Gasteiger partial charge in [-0.3, -0.25) is 0 Å². The summed E-state index contributed by atoms with van der Waals surface area (Å²) in [6.45, 7) is 6.82. The molecule has 100 valence electrons. The lowest BCUT2D eigenvalue weighted by Crippen LogP contribution is -2.47. The van der Waals surface area contributed by atoms with E-state index in [0.29, 0.717) is 18.5 Å². The van der Waals surface area contributed by atoms with Gasteiger partial charge in [0.2, 0.25) is 0 Å². The Morgan fingerprint density at radius 3 is 2.61 bits per heavy atom. The molecule has 0 bridgehead atoms. The quantitative estimate of drug-likeness (QED) is 0.838. The molecule has 1 aromatic rings. The molecule has 2 heteroatoms.